The normalized spacial score (nSPS) is 20.7. The highest BCUT2D eigenvalue weighted by Gasteiger charge is 2.37. The van der Waals surface area contributed by atoms with Gasteiger partial charge < -0.3 is 19.3 Å². The van der Waals surface area contributed by atoms with Crippen LogP contribution in [0.25, 0.3) is 11.0 Å². The van der Waals surface area contributed by atoms with Crippen molar-refractivity contribution in [3.05, 3.63) is 23.2 Å². The van der Waals surface area contributed by atoms with Crippen molar-refractivity contribution in [2.45, 2.75) is 45.0 Å². The molecule has 3 rings (SSSR count). The Balaban J connectivity index is 1.90. The number of hydrogen-bond acceptors (Lipinski definition) is 5. The van der Waals surface area contributed by atoms with E-state index in [1.807, 2.05) is 0 Å². The second-order valence-corrected chi connectivity index (χ2v) is 7.76. The molecular weight excluding hydrogens is 379 g/mol. The largest absolute Gasteiger partial charge is 0.477 e. The molecule has 1 saturated heterocycles. The predicted molar refractivity (Wildman–Crippen MR) is 95.9 cm³/mol. The molecule has 0 saturated carbocycles. The third-order valence-corrected chi connectivity index (χ3v) is 4.44. The fourth-order valence-electron chi connectivity index (χ4n) is 3.16. The van der Waals surface area contributed by atoms with Gasteiger partial charge in [0.2, 0.25) is 5.28 Å². The summed E-state index contributed by atoms with van der Waals surface area (Å²) in [6.45, 7) is 5.24. The number of aromatic nitrogens is 3. The molecule has 27 heavy (non-hydrogen) atoms. The van der Waals surface area contributed by atoms with Crippen molar-refractivity contribution in [1.82, 2.24) is 19.4 Å². The van der Waals surface area contributed by atoms with Gasteiger partial charge in [-0.1, -0.05) is 0 Å². The number of hydrogen-bond donors (Lipinski definition) is 1. The standard InChI is InChI=1S/C17H20ClFN4O4/c1-17(2,3)27-16(26)22-5-4-11(10(19)8-22)23-12(14(24)25)6-9-7-20-15(18)21-13(9)23/h6-7,10-11H,4-5,8H2,1-3H3,(H,24,25)/t10-,11+/m0/s1. The summed E-state index contributed by atoms with van der Waals surface area (Å²) in [5.41, 5.74) is -0.522. The number of carboxylic acids is 1. The average molecular weight is 399 g/mol. The summed E-state index contributed by atoms with van der Waals surface area (Å²) in [6, 6.07) is 0.597. The second-order valence-electron chi connectivity index (χ2n) is 7.42. The van der Waals surface area contributed by atoms with E-state index in [4.69, 9.17) is 16.3 Å². The molecule has 1 amide bonds. The van der Waals surface area contributed by atoms with Gasteiger partial charge in [0.25, 0.3) is 0 Å². The molecule has 0 spiro atoms. The van der Waals surface area contributed by atoms with Gasteiger partial charge in [-0.25, -0.2) is 19.0 Å². The van der Waals surface area contributed by atoms with Crippen LogP contribution in [0.1, 0.15) is 43.7 Å². The average Bonchev–Trinajstić information content (AvgIpc) is 2.92. The minimum absolute atomic E-state index is 0.0552. The first-order chi connectivity index (χ1) is 12.6. The molecule has 1 aliphatic heterocycles. The Hall–Kier alpha value is -2.42. The molecule has 1 aliphatic rings. The smallest absolute Gasteiger partial charge is 0.410 e. The number of halogens is 2. The Kier molecular flexibility index (Phi) is 4.98. The zero-order chi connectivity index (χ0) is 19.9. The molecule has 0 bridgehead atoms. The molecule has 0 radical (unpaired) electrons. The Morgan fingerprint density at radius 1 is 1.41 bits per heavy atom. The van der Waals surface area contributed by atoms with Crippen LogP contribution in [0.2, 0.25) is 5.28 Å². The van der Waals surface area contributed by atoms with E-state index in [1.165, 1.54) is 21.7 Å². The van der Waals surface area contributed by atoms with Gasteiger partial charge in [0.1, 0.15) is 23.1 Å². The Morgan fingerprint density at radius 3 is 2.70 bits per heavy atom. The fraction of sp³-hybridized carbons (Fsp3) is 0.529. The lowest BCUT2D eigenvalue weighted by Crippen LogP contribution is -2.47. The number of amides is 1. The SMILES string of the molecule is CC(C)(C)OC(=O)N1CC[C@@H](n2c(C(=O)O)cc3cnc(Cl)nc32)[C@@H](F)C1. The molecule has 3 heterocycles. The summed E-state index contributed by atoms with van der Waals surface area (Å²) < 4.78 is 21.6. The van der Waals surface area contributed by atoms with Crippen molar-refractivity contribution in [1.29, 1.82) is 0 Å². The van der Waals surface area contributed by atoms with Gasteiger partial charge in [0, 0.05) is 18.1 Å². The molecule has 1 N–H and O–H groups in total. The van der Waals surface area contributed by atoms with Crippen LogP contribution < -0.4 is 0 Å². The highest BCUT2D eigenvalue weighted by molar-refractivity contribution is 6.28. The van der Waals surface area contributed by atoms with E-state index in [-0.39, 0.29) is 36.1 Å². The molecule has 146 valence electrons. The number of aromatic carboxylic acids is 1. The van der Waals surface area contributed by atoms with Gasteiger partial charge in [-0.05, 0) is 44.9 Å². The molecule has 1 fully saturated rings. The topological polar surface area (TPSA) is 97.5 Å². The van der Waals surface area contributed by atoms with Crippen LogP contribution in [0.4, 0.5) is 9.18 Å². The summed E-state index contributed by atoms with van der Waals surface area (Å²) in [5, 5.41) is 9.91. The Morgan fingerprint density at radius 2 is 2.11 bits per heavy atom. The van der Waals surface area contributed by atoms with Crippen LogP contribution in [0.3, 0.4) is 0 Å². The number of piperidine rings is 1. The molecule has 2 atom stereocenters. The van der Waals surface area contributed by atoms with Gasteiger partial charge >= 0.3 is 12.1 Å². The van der Waals surface area contributed by atoms with E-state index in [2.05, 4.69) is 9.97 Å². The number of ether oxygens (including phenoxy) is 1. The zero-order valence-electron chi connectivity index (χ0n) is 15.1. The first-order valence-electron chi connectivity index (χ1n) is 8.45. The van der Waals surface area contributed by atoms with Gasteiger partial charge in [-0.3, -0.25) is 0 Å². The third kappa shape index (κ3) is 3.97. The fourth-order valence-corrected chi connectivity index (χ4v) is 3.29. The minimum atomic E-state index is -1.49. The summed E-state index contributed by atoms with van der Waals surface area (Å²) in [6.07, 6.45) is -0.471. The minimum Gasteiger partial charge on any atom is -0.477 e. The number of rotatable bonds is 2. The van der Waals surface area contributed by atoms with E-state index in [0.29, 0.717) is 5.39 Å². The summed E-state index contributed by atoms with van der Waals surface area (Å²) >= 11 is 5.83. The molecule has 0 unspecified atom stereocenters. The summed E-state index contributed by atoms with van der Waals surface area (Å²) in [7, 11) is 0. The number of carbonyl (C=O) groups excluding carboxylic acids is 1. The molecule has 10 heteroatoms. The number of nitrogens with zero attached hydrogens (tertiary/aromatic N) is 4. The van der Waals surface area contributed by atoms with Gasteiger partial charge in [-0.15, -0.1) is 0 Å². The van der Waals surface area contributed by atoms with Crippen LogP contribution in [0, 0.1) is 0 Å². The Labute approximate surface area is 159 Å². The van der Waals surface area contributed by atoms with Crippen LogP contribution in [-0.2, 0) is 4.74 Å². The van der Waals surface area contributed by atoms with Crippen molar-refractivity contribution in [2.75, 3.05) is 13.1 Å². The lowest BCUT2D eigenvalue weighted by atomic mass is 10.0. The van der Waals surface area contributed by atoms with Crippen LogP contribution in [0.15, 0.2) is 12.3 Å². The van der Waals surface area contributed by atoms with Crippen LogP contribution in [-0.4, -0.2) is 61.5 Å². The van der Waals surface area contributed by atoms with E-state index >= 15 is 0 Å². The number of fused-ring (bicyclic) bond motifs is 1. The number of carbonyl (C=O) groups is 2. The maximum atomic E-state index is 15.0. The van der Waals surface area contributed by atoms with Gasteiger partial charge in [-0.2, -0.15) is 4.98 Å². The van der Waals surface area contributed by atoms with Gasteiger partial charge in [0.15, 0.2) is 0 Å². The molecule has 0 aliphatic carbocycles. The quantitative estimate of drug-likeness (QED) is 0.779. The lowest BCUT2D eigenvalue weighted by Gasteiger charge is -2.36. The zero-order valence-corrected chi connectivity index (χ0v) is 15.9. The van der Waals surface area contributed by atoms with Gasteiger partial charge in [0.05, 0.1) is 12.6 Å². The third-order valence-electron chi connectivity index (χ3n) is 4.26. The first kappa shape index (κ1) is 19.3. The van der Waals surface area contributed by atoms with Crippen molar-refractivity contribution in [3.63, 3.8) is 0 Å². The lowest BCUT2D eigenvalue weighted by molar-refractivity contribution is 0.00662. The monoisotopic (exact) mass is 398 g/mol. The summed E-state index contributed by atoms with van der Waals surface area (Å²) in [4.78, 5) is 33.0. The number of carboxylic acid groups (broad SMARTS) is 1. The molecule has 0 aromatic carbocycles. The summed E-state index contributed by atoms with van der Waals surface area (Å²) in [5.74, 6) is -1.20. The Bertz CT molecular complexity index is 895. The maximum Gasteiger partial charge on any atom is 0.410 e. The molecule has 8 nitrogen and oxygen atoms in total. The number of likely N-dealkylation sites (tertiary alicyclic amines) is 1. The van der Waals surface area contributed by atoms with E-state index < -0.39 is 29.9 Å². The van der Waals surface area contributed by atoms with Crippen LogP contribution in [0.5, 0.6) is 0 Å². The molecule has 2 aromatic heterocycles. The van der Waals surface area contributed by atoms with Crippen molar-refractivity contribution in [2.24, 2.45) is 0 Å². The molecule has 2 aromatic rings. The van der Waals surface area contributed by atoms with Crippen LogP contribution >= 0.6 is 11.6 Å². The predicted octanol–water partition coefficient (Wildman–Crippen LogP) is 3.30. The van der Waals surface area contributed by atoms with Crippen molar-refractivity contribution >= 4 is 34.7 Å². The number of alkyl halides is 1. The highest BCUT2D eigenvalue weighted by atomic mass is 35.5. The second kappa shape index (κ2) is 6.95. The first-order valence-corrected chi connectivity index (χ1v) is 8.83. The van der Waals surface area contributed by atoms with E-state index in [0.717, 1.165) is 0 Å². The van der Waals surface area contributed by atoms with Crippen molar-refractivity contribution in [3.8, 4) is 0 Å². The van der Waals surface area contributed by atoms with Crippen molar-refractivity contribution < 1.29 is 23.8 Å². The maximum absolute atomic E-state index is 15.0. The highest BCUT2D eigenvalue weighted by Crippen LogP contribution is 2.32. The van der Waals surface area contributed by atoms with E-state index in [1.54, 1.807) is 20.8 Å². The molecular formula is C17H20ClFN4O4. The van der Waals surface area contributed by atoms with E-state index in [9.17, 15) is 19.1 Å².